The molecular formula is C13H23N5OS. The van der Waals surface area contributed by atoms with Crippen molar-refractivity contribution in [1.29, 1.82) is 0 Å². The third-order valence-corrected chi connectivity index (χ3v) is 5.23. The Kier molecular flexibility index (Phi) is 4.60. The van der Waals surface area contributed by atoms with E-state index in [1.54, 1.807) is 0 Å². The molecule has 6 nitrogen and oxygen atoms in total. The quantitative estimate of drug-likeness (QED) is 0.883. The molecule has 0 spiro atoms. The molecule has 3 heterocycles. The molecule has 1 N–H and O–H groups in total. The van der Waals surface area contributed by atoms with Crippen molar-refractivity contribution in [3.05, 3.63) is 11.7 Å². The van der Waals surface area contributed by atoms with E-state index in [1.165, 1.54) is 5.75 Å². The molecule has 2 unspecified atom stereocenters. The van der Waals surface area contributed by atoms with Gasteiger partial charge in [0.2, 0.25) is 5.89 Å². The second kappa shape index (κ2) is 6.43. The maximum Gasteiger partial charge on any atom is 0.243 e. The second-order valence-electron chi connectivity index (χ2n) is 5.52. The number of nitrogens with one attached hydrogen (secondary N) is 1. The molecule has 0 amide bonds. The van der Waals surface area contributed by atoms with E-state index in [1.807, 2.05) is 11.8 Å². The van der Waals surface area contributed by atoms with Gasteiger partial charge in [-0.1, -0.05) is 5.16 Å². The van der Waals surface area contributed by atoms with E-state index in [-0.39, 0.29) is 6.04 Å². The highest BCUT2D eigenvalue weighted by Gasteiger charge is 2.28. The molecule has 2 fully saturated rings. The van der Waals surface area contributed by atoms with Crippen LogP contribution in [-0.4, -0.2) is 71.2 Å². The number of aromatic nitrogens is 2. The highest BCUT2D eigenvalue weighted by molar-refractivity contribution is 7.99. The normalized spacial score (nSPS) is 27.6. The van der Waals surface area contributed by atoms with Crippen LogP contribution in [0.25, 0.3) is 0 Å². The summed E-state index contributed by atoms with van der Waals surface area (Å²) in [5, 5.41) is 7.59. The first kappa shape index (κ1) is 14.3. The fraction of sp³-hybridized carbons (Fsp3) is 0.846. The van der Waals surface area contributed by atoms with Gasteiger partial charge in [0.1, 0.15) is 0 Å². The first-order valence-corrected chi connectivity index (χ1v) is 8.47. The summed E-state index contributed by atoms with van der Waals surface area (Å²) < 4.78 is 5.52. The van der Waals surface area contributed by atoms with Crippen molar-refractivity contribution in [3.8, 4) is 0 Å². The third-order valence-electron chi connectivity index (χ3n) is 4.21. The van der Waals surface area contributed by atoms with Crippen LogP contribution in [0.5, 0.6) is 0 Å². The lowest BCUT2D eigenvalue weighted by molar-refractivity contribution is 0.154. The smallest absolute Gasteiger partial charge is 0.243 e. The van der Waals surface area contributed by atoms with Crippen LogP contribution in [0.15, 0.2) is 4.52 Å². The fourth-order valence-electron chi connectivity index (χ4n) is 2.74. The zero-order valence-electron chi connectivity index (χ0n) is 12.2. The molecule has 0 radical (unpaired) electrons. The van der Waals surface area contributed by atoms with Crippen molar-refractivity contribution in [2.75, 3.05) is 51.3 Å². The van der Waals surface area contributed by atoms with Gasteiger partial charge in [0.15, 0.2) is 5.82 Å². The van der Waals surface area contributed by atoms with Crippen molar-refractivity contribution in [2.24, 2.45) is 0 Å². The standard InChI is InChI=1S/C13H23N5OS/c1-10(18-5-3-14-4-6-18)13-15-12(16-19-13)11-9-20-8-7-17(11)2/h10-11,14H,3-9H2,1-2H3. The van der Waals surface area contributed by atoms with E-state index >= 15 is 0 Å². The molecule has 2 aliphatic rings. The maximum atomic E-state index is 5.52. The van der Waals surface area contributed by atoms with E-state index in [9.17, 15) is 0 Å². The number of thioether (sulfide) groups is 1. The van der Waals surface area contributed by atoms with Crippen molar-refractivity contribution in [1.82, 2.24) is 25.3 Å². The Hall–Kier alpha value is -0.630. The molecule has 3 rings (SSSR count). The Labute approximate surface area is 124 Å². The van der Waals surface area contributed by atoms with E-state index in [0.29, 0.717) is 6.04 Å². The van der Waals surface area contributed by atoms with Crippen molar-refractivity contribution in [3.63, 3.8) is 0 Å². The van der Waals surface area contributed by atoms with Crippen LogP contribution >= 0.6 is 11.8 Å². The van der Waals surface area contributed by atoms with Gasteiger partial charge in [-0.25, -0.2) is 0 Å². The molecule has 1 aromatic rings. The van der Waals surface area contributed by atoms with Gasteiger partial charge in [-0.15, -0.1) is 0 Å². The van der Waals surface area contributed by atoms with Crippen LogP contribution in [0.1, 0.15) is 30.7 Å². The molecule has 0 aromatic carbocycles. The topological polar surface area (TPSA) is 57.4 Å². The number of nitrogens with zero attached hydrogens (tertiary/aromatic N) is 4. The molecule has 7 heteroatoms. The minimum atomic E-state index is 0.208. The summed E-state index contributed by atoms with van der Waals surface area (Å²) in [4.78, 5) is 9.38. The molecule has 112 valence electrons. The van der Waals surface area contributed by atoms with Crippen molar-refractivity contribution < 1.29 is 4.52 Å². The summed E-state index contributed by atoms with van der Waals surface area (Å²) in [6, 6.07) is 0.501. The van der Waals surface area contributed by atoms with Crippen molar-refractivity contribution >= 4 is 11.8 Å². The lowest BCUT2D eigenvalue weighted by Gasteiger charge is -2.31. The molecule has 0 saturated carbocycles. The molecule has 2 aliphatic heterocycles. The van der Waals surface area contributed by atoms with Gasteiger partial charge < -0.3 is 9.84 Å². The van der Waals surface area contributed by atoms with Crippen LogP contribution in [-0.2, 0) is 0 Å². The van der Waals surface area contributed by atoms with Crippen LogP contribution in [0, 0.1) is 0 Å². The van der Waals surface area contributed by atoms with E-state index in [4.69, 9.17) is 4.52 Å². The van der Waals surface area contributed by atoms with Crippen molar-refractivity contribution in [2.45, 2.75) is 19.0 Å². The first-order chi connectivity index (χ1) is 9.75. The summed E-state index contributed by atoms with van der Waals surface area (Å²) in [5.41, 5.74) is 0. The third kappa shape index (κ3) is 3.00. The van der Waals surface area contributed by atoms with Gasteiger partial charge in [-0.3, -0.25) is 9.80 Å². The SMILES string of the molecule is CC(c1nc(C2CSCCN2C)no1)N1CCNCC1. The van der Waals surface area contributed by atoms with E-state index < -0.39 is 0 Å². The zero-order valence-corrected chi connectivity index (χ0v) is 13.0. The Balaban J connectivity index is 1.69. The molecule has 0 aliphatic carbocycles. The Morgan fingerprint density at radius 3 is 2.90 bits per heavy atom. The Morgan fingerprint density at radius 2 is 2.15 bits per heavy atom. The van der Waals surface area contributed by atoms with Crippen LogP contribution in [0.3, 0.4) is 0 Å². The summed E-state index contributed by atoms with van der Waals surface area (Å²) in [7, 11) is 2.14. The minimum Gasteiger partial charge on any atom is -0.338 e. The number of hydrogen-bond acceptors (Lipinski definition) is 7. The Bertz CT molecular complexity index is 434. The summed E-state index contributed by atoms with van der Waals surface area (Å²) in [6.45, 7) is 7.39. The van der Waals surface area contributed by atoms with Crippen LogP contribution < -0.4 is 5.32 Å². The monoisotopic (exact) mass is 297 g/mol. The Morgan fingerprint density at radius 1 is 1.35 bits per heavy atom. The average molecular weight is 297 g/mol. The fourth-order valence-corrected chi connectivity index (χ4v) is 3.95. The molecular weight excluding hydrogens is 274 g/mol. The van der Waals surface area contributed by atoms with Gasteiger partial charge in [0.25, 0.3) is 0 Å². The number of piperazine rings is 1. The minimum absolute atomic E-state index is 0.208. The molecule has 2 saturated heterocycles. The number of rotatable bonds is 3. The van der Waals surface area contributed by atoms with Crippen LogP contribution in [0.4, 0.5) is 0 Å². The van der Waals surface area contributed by atoms with Gasteiger partial charge in [0.05, 0.1) is 12.1 Å². The largest absolute Gasteiger partial charge is 0.338 e. The molecule has 0 bridgehead atoms. The second-order valence-corrected chi connectivity index (χ2v) is 6.67. The average Bonchev–Trinajstić information content (AvgIpc) is 2.97. The predicted molar refractivity (Wildman–Crippen MR) is 79.9 cm³/mol. The highest BCUT2D eigenvalue weighted by atomic mass is 32.2. The van der Waals surface area contributed by atoms with Gasteiger partial charge >= 0.3 is 0 Å². The first-order valence-electron chi connectivity index (χ1n) is 7.32. The zero-order chi connectivity index (χ0) is 13.9. The lowest BCUT2D eigenvalue weighted by atomic mass is 10.2. The van der Waals surface area contributed by atoms with Crippen LogP contribution in [0.2, 0.25) is 0 Å². The molecule has 20 heavy (non-hydrogen) atoms. The number of hydrogen-bond donors (Lipinski definition) is 1. The van der Waals surface area contributed by atoms with E-state index in [2.05, 4.69) is 39.2 Å². The molecule has 2 atom stereocenters. The maximum absolute atomic E-state index is 5.52. The summed E-state index contributed by atoms with van der Waals surface area (Å²) in [6.07, 6.45) is 0. The van der Waals surface area contributed by atoms with Gasteiger partial charge in [-0.05, 0) is 14.0 Å². The predicted octanol–water partition coefficient (Wildman–Crippen LogP) is 0.756. The van der Waals surface area contributed by atoms with E-state index in [0.717, 1.165) is 50.2 Å². The summed E-state index contributed by atoms with van der Waals surface area (Å²) >= 11 is 1.97. The van der Waals surface area contributed by atoms with Gasteiger partial charge in [-0.2, -0.15) is 16.7 Å². The highest BCUT2D eigenvalue weighted by Crippen LogP contribution is 2.28. The van der Waals surface area contributed by atoms with Gasteiger partial charge in [0, 0.05) is 44.2 Å². The molecule has 1 aromatic heterocycles. The summed E-state index contributed by atoms with van der Waals surface area (Å²) in [5.74, 6) is 3.84. The lowest BCUT2D eigenvalue weighted by Crippen LogP contribution is -2.44.